The van der Waals surface area contributed by atoms with Crippen LogP contribution in [-0.2, 0) is 0 Å². The van der Waals surface area contributed by atoms with Crippen molar-refractivity contribution in [2.75, 3.05) is 18.4 Å². The van der Waals surface area contributed by atoms with Crippen molar-refractivity contribution in [1.82, 2.24) is 14.9 Å². The fourth-order valence-corrected chi connectivity index (χ4v) is 3.97. The minimum absolute atomic E-state index is 0.0755. The van der Waals surface area contributed by atoms with Crippen molar-refractivity contribution in [1.29, 1.82) is 0 Å². The first-order chi connectivity index (χ1) is 15.4. The lowest BCUT2D eigenvalue weighted by Crippen LogP contribution is -2.37. The highest BCUT2D eigenvalue weighted by molar-refractivity contribution is 5.96. The highest BCUT2D eigenvalue weighted by atomic mass is 16.2. The third-order valence-corrected chi connectivity index (χ3v) is 5.99. The molecule has 0 radical (unpaired) electrons. The van der Waals surface area contributed by atoms with E-state index in [4.69, 9.17) is 5.73 Å². The molecule has 0 unspecified atom stereocenters. The van der Waals surface area contributed by atoms with E-state index in [-0.39, 0.29) is 5.91 Å². The molecule has 0 saturated carbocycles. The van der Waals surface area contributed by atoms with Gasteiger partial charge in [0.1, 0.15) is 0 Å². The number of carbonyl (C=O) groups excluding carboxylic acids is 2. The molecule has 1 saturated heterocycles. The summed E-state index contributed by atoms with van der Waals surface area (Å²) < 4.78 is 0. The predicted octanol–water partition coefficient (Wildman–Crippen LogP) is 4.17. The van der Waals surface area contributed by atoms with Crippen molar-refractivity contribution >= 4 is 23.5 Å². The summed E-state index contributed by atoms with van der Waals surface area (Å²) in [5, 5.41) is 3.18. The van der Waals surface area contributed by atoms with E-state index in [9.17, 15) is 9.59 Å². The molecule has 2 heterocycles. The number of rotatable bonds is 5. The van der Waals surface area contributed by atoms with Gasteiger partial charge in [-0.15, -0.1) is 0 Å². The molecule has 0 aliphatic carbocycles. The van der Waals surface area contributed by atoms with Gasteiger partial charge < -0.3 is 16.0 Å². The number of hydrogen-bond donors (Lipinski definition) is 2. The van der Waals surface area contributed by atoms with E-state index in [1.807, 2.05) is 42.2 Å². The first-order valence-corrected chi connectivity index (χ1v) is 10.8. The Morgan fingerprint density at radius 2 is 1.78 bits per heavy atom. The minimum atomic E-state index is -0.467. The van der Waals surface area contributed by atoms with Gasteiger partial charge in [0.25, 0.3) is 5.91 Å². The summed E-state index contributed by atoms with van der Waals surface area (Å²) in [6.45, 7) is 5.71. The number of hydrogen-bond acceptors (Lipinski definition) is 5. The molecule has 164 valence electrons. The number of aromatic nitrogens is 2. The van der Waals surface area contributed by atoms with E-state index in [0.29, 0.717) is 28.7 Å². The quantitative estimate of drug-likeness (QED) is 0.634. The third kappa shape index (κ3) is 4.61. The number of likely N-dealkylation sites (tertiary alicyclic amines) is 1. The minimum Gasteiger partial charge on any atom is -0.366 e. The van der Waals surface area contributed by atoms with Gasteiger partial charge in [-0.05, 0) is 67.6 Å². The Kier molecular flexibility index (Phi) is 6.16. The first-order valence-electron chi connectivity index (χ1n) is 10.8. The molecule has 1 aliphatic heterocycles. The van der Waals surface area contributed by atoms with Crippen LogP contribution in [0.4, 0.5) is 11.6 Å². The summed E-state index contributed by atoms with van der Waals surface area (Å²) in [6, 6.07) is 14.5. The molecule has 3 N–H and O–H groups in total. The molecule has 1 aliphatic rings. The zero-order valence-electron chi connectivity index (χ0n) is 18.3. The summed E-state index contributed by atoms with van der Waals surface area (Å²) in [6.07, 6.45) is 3.78. The summed E-state index contributed by atoms with van der Waals surface area (Å²) in [7, 11) is 0. The van der Waals surface area contributed by atoms with E-state index in [0.717, 1.165) is 42.7 Å². The second kappa shape index (κ2) is 9.18. The molecule has 0 bridgehead atoms. The Hall–Kier alpha value is -3.74. The van der Waals surface area contributed by atoms with Gasteiger partial charge in [-0.25, -0.2) is 9.97 Å². The van der Waals surface area contributed by atoms with E-state index >= 15 is 0 Å². The Balaban J connectivity index is 1.49. The molecule has 3 aromatic rings. The van der Waals surface area contributed by atoms with Gasteiger partial charge >= 0.3 is 0 Å². The lowest BCUT2D eigenvalue weighted by Gasteiger charge is -2.30. The number of primary amides is 1. The molecule has 2 aromatic carbocycles. The lowest BCUT2D eigenvalue weighted by molar-refractivity contribution is 0.0697. The van der Waals surface area contributed by atoms with Gasteiger partial charge in [-0.2, -0.15) is 0 Å². The average Bonchev–Trinajstić information content (AvgIpc) is 2.80. The molecule has 7 heteroatoms. The van der Waals surface area contributed by atoms with Gasteiger partial charge in [-0.3, -0.25) is 9.59 Å². The third-order valence-electron chi connectivity index (χ3n) is 5.99. The predicted molar refractivity (Wildman–Crippen MR) is 125 cm³/mol. The standard InChI is InChI=1S/C25H27N5O2/c1-16-11-14-30(15-12-16)24(32)18-6-8-19(9-7-18)28-25-27-13-10-22(29-25)20-4-3-5-21(17(20)2)23(26)31/h3-10,13,16H,11-12,14-15H2,1-2H3,(H2,26,31)(H,27,28,29). The molecule has 1 fully saturated rings. The largest absolute Gasteiger partial charge is 0.366 e. The lowest BCUT2D eigenvalue weighted by atomic mass is 9.98. The van der Waals surface area contributed by atoms with Crippen LogP contribution in [0.25, 0.3) is 11.3 Å². The van der Waals surface area contributed by atoms with E-state index in [1.165, 1.54) is 0 Å². The fraction of sp³-hybridized carbons (Fsp3) is 0.280. The zero-order valence-corrected chi connectivity index (χ0v) is 18.3. The van der Waals surface area contributed by atoms with Gasteiger partial charge in [-0.1, -0.05) is 19.1 Å². The van der Waals surface area contributed by atoms with E-state index in [1.54, 1.807) is 24.4 Å². The molecule has 0 spiro atoms. The van der Waals surface area contributed by atoms with Gasteiger partial charge in [0.15, 0.2) is 0 Å². The van der Waals surface area contributed by atoms with Crippen LogP contribution >= 0.6 is 0 Å². The molecule has 0 atom stereocenters. The zero-order chi connectivity index (χ0) is 22.7. The maximum absolute atomic E-state index is 12.7. The van der Waals surface area contributed by atoms with Crippen LogP contribution in [0.3, 0.4) is 0 Å². The Labute approximate surface area is 187 Å². The van der Waals surface area contributed by atoms with E-state index in [2.05, 4.69) is 22.2 Å². The number of anilines is 2. The molecule has 7 nitrogen and oxygen atoms in total. The molecule has 1 aromatic heterocycles. The summed E-state index contributed by atoms with van der Waals surface area (Å²) in [5.41, 5.74) is 9.70. The van der Waals surface area contributed by atoms with Crippen LogP contribution in [0.5, 0.6) is 0 Å². The monoisotopic (exact) mass is 429 g/mol. The number of nitrogens with zero attached hydrogens (tertiary/aromatic N) is 3. The summed E-state index contributed by atoms with van der Waals surface area (Å²) >= 11 is 0. The molecular formula is C25H27N5O2. The average molecular weight is 430 g/mol. The summed E-state index contributed by atoms with van der Waals surface area (Å²) in [4.78, 5) is 35.2. The van der Waals surface area contributed by atoms with E-state index < -0.39 is 5.91 Å². The highest BCUT2D eigenvalue weighted by Crippen LogP contribution is 2.25. The van der Waals surface area contributed by atoms with Crippen LogP contribution < -0.4 is 11.1 Å². The van der Waals surface area contributed by atoms with Crippen molar-refractivity contribution in [3.63, 3.8) is 0 Å². The summed E-state index contributed by atoms with van der Waals surface area (Å²) in [5.74, 6) is 0.718. The number of nitrogens with one attached hydrogen (secondary N) is 1. The Bertz CT molecular complexity index is 1140. The molecular weight excluding hydrogens is 402 g/mol. The Morgan fingerprint density at radius 1 is 1.06 bits per heavy atom. The Morgan fingerprint density at radius 3 is 2.47 bits per heavy atom. The van der Waals surface area contributed by atoms with Gasteiger partial charge in [0.05, 0.1) is 5.69 Å². The number of nitrogens with two attached hydrogens (primary N) is 1. The second-order valence-corrected chi connectivity index (χ2v) is 8.28. The maximum Gasteiger partial charge on any atom is 0.253 e. The first kappa shape index (κ1) is 21.5. The van der Waals surface area contributed by atoms with Crippen LogP contribution in [0, 0.1) is 12.8 Å². The van der Waals surface area contributed by atoms with Crippen molar-refractivity contribution in [2.45, 2.75) is 26.7 Å². The van der Waals surface area contributed by atoms with Crippen LogP contribution in [0.15, 0.2) is 54.7 Å². The molecule has 32 heavy (non-hydrogen) atoms. The number of benzene rings is 2. The normalized spacial score (nSPS) is 14.2. The maximum atomic E-state index is 12.7. The topological polar surface area (TPSA) is 101 Å². The van der Waals surface area contributed by atoms with Crippen molar-refractivity contribution < 1.29 is 9.59 Å². The second-order valence-electron chi connectivity index (χ2n) is 8.28. The smallest absolute Gasteiger partial charge is 0.253 e. The van der Waals surface area contributed by atoms with Gasteiger partial charge in [0, 0.05) is 41.7 Å². The van der Waals surface area contributed by atoms with Crippen LogP contribution in [0.1, 0.15) is 46.0 Å². The number of amides is 2. The molecule has 2 amide bonds. The van der Waals surface area contributed by atoms with Gasteiger partial charge in [0.2, 0.25) is 11.9 Å². The SMILES string of the molecule is Cc1c(C(N)=O)cccc1-c1ccnc(Nc2ccc(C(=O)N3CCC(C)CC3)cc2)n1. The number of piperidine rings is 1. The number of carbonyl (C=O) groups is 2. The highest BCUT2D eigenvalue weighted by Gasteiger charge is 2.21. The molecule has 4 rings (SSSR count). The van der Waals surface area contributed by atoms with Crippen molar-refractivity contribution in [3.05, 3.63) is 71.4 Å². The van der Waals surface area contributed by atoms with Crippen molar-refractivity contribution in [2.24, 2.45) is 11.7 Å². The van der Waals surface area contributed by atoms with Crippen LogP contribution in [-0.4, -0.2) is 39.8 Å². The van der Waals surface area contributed by atoms with Crippen LogP contribution in [0.2, 0.25) is 0 Å². The van der Waals surface area contributed by atoms with Crippen molar-refractivity contribution in [3.8, 4) is 11.3 Å². The fourth-order valence-electron chi connectivity index (χ4n) is 3.97.